The van der Waals surface area contributed by atoms with Gasteiger partial charge in [-0.05, 0) is 13.0 Å². The summed E-state index contributed by atoms with van der Waals surface area (Å²) in [7, 11) is 3.37. The number of carboxylic acids is 1. The molecule has 1 fully saturated rings. The molecule has 5 rings (SSSR count). The third kappa shape index (κ3) is 4.29. The first kappa shape index (κ1) is 24.7. The molecule has 0 aromatic carbocycles. The Morgan fingerprint density at radius 3 is 2.73 bits per heavy atom. The third-order valence-electron chi connectivity index (χ3n) is 6.46. The van der Waals surface area contributed by atoms with Gasteiger partial charge >= 0.3 is 5.97 Å². The van der Waals surface area contributed by atoms with Crippen molar-refractivity contribution in [3.05, 3.63) is 62.4 Å². The lowest BCUT2D eigenvalue weighted by Gasteiger charge is -2.39. The topological polar surface area (TPSA) is 132 Å². The van der Waals surface area contributed by atoms with Crippen molar-refractivity contribution in [1.82, 2.24) is 24.3 Å². The molecular weight excluding hydrogens is 503 g/mol. The second kappa shape index (κ2) is 9.48. The molecule has 5 heterocycles. The summed E-state index contributed by atoms with van der Waals surface area (Å²) in [4.78, 5) is 47.7. The van der Waals surface area contributed by atoms with Crippen LogP contribution in [0.2, 0.25) is 0 Å². The van der Waals surface area contributed by atoms with Crippen molar-refractivity contribution in [2.45, 2.75) is 20.0 Å². The van der Waals surface area contributed by atoms with E-state index in [0.29, 0.717) is 17.4 Å². The Morgan fingerprint density at radius 1 is 1.32 bits per heavy atom. The van der Waals surface area contributed by atoms with E-state index < -0.39 is 22.8 Å². The Labute approximate surface area is 213 Å². The van der Waals surface area contributed by atoms with E-state index in [1.54, 1.807) is 29.1 Å². The average Bonchev–Trinajstić information content (AvgIpc) is 3.46. The highest BCUT2D eigenvalue weighted by Gasteiger charge is 2.36. The second-order valence-corrected chi connectivity index (χ2v) is 9.74. The van der Waals surface area contributed by atoms with Crippen molar-refractivity contribution in [2.24, 2.45) is 13.0 Å². The predicted octanol–water partition coefficient (Wildman–Crippen LogP) is 2.12. The molecule has 1 saturated heterocycles. The van der Waals surface area contributed by atoms with E-state index in [4.69, 9.17) is 4.74 Å². The molecule has 0 amide bonds. The number of ketones is 1. The maximum absolute atomic E-state index is 15.5. The van der Waals surface area contributed by atoms with E-state index in [9.17, 15) is 19.5 Å². The van der Waals surface area contributed by atoms with Gasteiger partial charge in [-0.1, -0.05) is 0 Å². The Bertz CT molecular complexity index is 1590. The fourth-order valence-corrected chi connectivity index (χ4v) is 5.06. The number of carboxylic acid groups (broad SMARTS) is 1. The van der Waals surface area contributed by atoms with E-state index in [1.165, 1.54) is 29.0 Å². The number of carbonyl (C=O) groups is 2. The molecule has 0 bridgehead atoms. The molecule has 1 N–H and O–H groups in total. The van der Waals surface area contributed by atoms with E-state index in [0.717, 1.165) is 11.9 Å². The van der Waals surface area contributed by atoms with Gasteiger partial charge in [0.05, 0.1) is 35.7 Å². The number of aryl methyl sites for hydroxylation is 2. The SMILES string of the molecule is COCc1cc(CC(=O)C2CN(c3nc4c(c(C)c3F)c(=O)c(C(=O)O)cn4-c3nccs3)C2)nn1C. The Morgan fingerprint density at radius 2 is 2.08 bits per heavy atom. The zero-order valence-electron chi connectivity index (χ0n) is 20.3. The minimum absolute atomic E-state index is 0.00190. The number of Topliss-reactive ketones (excluding diaryl/α,β-unsaturated/α-hetero) is 1. The number of ether oxygens (including phenoxy) is 1. The van der Waals surface area contributed by atoms with Gasteiger partial charge in [0.15, 0.2) is 22.4 Å². The van der Waals surface area contributed by atoms with Crippen LogP contribution in [0.15, 0.2) is 28.6 Å². The molecule has 37 heavy (non-hydrogen) atoms. The highest BCUT2D eigenvalue weighted by atomic mass is 32.1. The van der Waals surface area contributed by atoms with Crippen molar-refractivity contribution in [2.75, 3.05) is 25.1 Å². The van der Waals surface area contributed by atoms with Crippen molar-refractivity contribution in [1.29, 1.82) is 0 Å². The highest BCUT2D eigenvalue weighted by Crippen LogP contribution is 2.32. The number of hydrogen-bond acceptors (Lipinski definition) is 9. The van der Waals surface area contributed by atoms with Crippen LogP contribution in [0.5, 0.6) is 0 Å². The van der Waals surface area contributed by atoms with Gasteiger partial charge in [-0.25, -0.2) is 19.2 Å². The molecule has 0 spiro atoms. The molecular formula is C24H23FN6O5S. The number of carbonyl (C=O) groups excluding carboxylic acids is 1. The largest absolute Gasteiger partial charge is 0.477 e. The smallest absolute Gasteiger partial charge is 0.341 e. The summed E-state index contributed by atoms with van der Waals surface area (Å²) < 4.78 is 23.7. The number of thiazole rings is 1. The average molecular weight is 527 g/mol. The number of rotatable bonds is 8. The highest BCUT2D eigenvalue weighted by molar-refractivity contribution is 7.12. The number of methoxy groups -OCH3 is 1. The van der Waals surface area contributed by atoms with Crippen molar-refractivity contribution < 1.29 is 23.8 Å². The lowest BCUT2D eigenvalue weighted by molar-refractivity contribution is -0.123. The first-order valence-corrected chi connectivity index (χ1v) is 12.2. The molecule has 0 unspecified atom stereocenters. The molecule has 13 heteroatoms. The number of aromatic carboxylic acids is 1. The normalized spacial score (nSPS) is 13.8. The van der Waals surface area contributed by atoms with Crippen LogP contribution in [0.4, 0.5) is 10.2 Å². The van der Waals surface area contributed by atoms with Gasteiger partial charge in [0.2, 0.25) is 5.43 Å². The van der Waals surface area contributed by atoms with Crippen molar-refractivity contribution in [3.63, 3.8) is 0 Å². The van der Waals surface area contributed by atoms with Crippen LogP contribution < -0.4 is 10.3 Å². The summed E-state index contributed by atoms with van der Waals surface area (Å²) in [6.45, 7) is 2.34. The number of halogens is 1. The number of anilines is 1. The lowest BCUT2D eigenvalue weighted by Crippen LogP contribution is -2.51. The van der Waals surface area contributed by atoms with Crippen LogP contribution in [-0.4, -0.2) is 61.4 Å². The predicted molar refractivity (Wildman–Crippen MR) is 133 cm³/mol. The van der Waals surface area contributed by atoms with Gasteiger partial charge in [-0.3, -0.25) is 18.8 Å². The summed E-state index contributed by atoms with van der Waals surface area (Å²) in [5, 5.41) is 15.9. The summed E-state index contributed by atoms with van der Waals surface area (Å²) >= 11 is 1.22. The Hall–Kier alpha value is -3.97. The van der Waals surface area contributed by atoms with Crippen LogP contribution in [-0.2, 0) is 29.6 Å². The zero-order valence-corrected chi connectivity index (χ0v) is 21.1. The van der Waals surface area contributed by atoms with Crippen LogP contribution in [0.1, 0.15) is 27.3 Å². The Balaban J connectivity index is 1.45. The van der Waals surface area contributed by atoms with Gasteiger partial charge in [-0.15, -0.1) is 11.3 Å². The first-order chi connectivity index (χ1) is 17.7. The summed E-state index contributed by atoms with van der Waals surface area (Å²) in [6, 6.07) is 1.83. The summed E-state index contributed by atoms with van der Waals surface area (Å²) in [5.41, 5.74) is 0.282. The molecule has 1 aliphatic rings. The van der Waals surface area contributed by atoms with Crippen LogP contribution in [0.3, 0.4) is 0 Å². The maximum Gasteiger partial charge on any atom is 0.341 e. The lowest BCUT2D eigenvalue weighted by atomic mass is 9.92. The Kier molecular flexibility index (Phi) is 6.33. The number of fused-ring (bicyclic) bond motifs is 1. The summed E-state index contributed by atoms with van der Waals surface area (Å²) in [6.07, 6.45) is 2.85. The van der Waals surface area contributed by atoms with E-state index in [2.05, 4.69) is 15.1 Å². The molecule has 0 atom stereocenters. The molecule has 0 radical (unpaired) electrons. The number of hydrogen-bond donors (Lipinski definition) is 1. The number of nitrogens with zero attached hydrogens (tertiary/aromatic N) is 6. The monoisotopic (exact) mass is 526 g/mol. The first-order valence-electron chi connectivity index (χ1n) is 11.4. The molecule has 4 aromatic rings. The van der Waals surface area contributed by atoms with Gasteiger partial charge < -0.3 is 14.7 Å². The number of pyridine rings is 2. The molecule has 4 aromatic heterocycles. The summed E-state index contributed by atoms with van der Waals surface area (Å²) in [5.74, 6) is -2.48. The molecule has 192 valence electrons. The number of aromatic nitrogens is 5. The van der Waals surface area contributed by atoms with Gasteiger partial charge in [0, 0.05) is 50.6 Å². The zero-order chi connectivity index (χ0) is 26.4. The van der Waals surface area contributed by atoms with E-state index in [1.807, 2.05) is 6.07 Å². The van der Waals surface area contributed by atoms with Crippen LogP contribution in [0, 0.1) is 18.7 Å². The van der Waals surface area contributed by atoms with E-state index in [-0.39, 0.29) is 53.6 Å². The van der Waals surface area contributed by atoms with Crippen LogP contribution in [0.25, 0.3) is 16.2 Å². The fraction of sp³-hybridized carbons (Fsp3) is 0.333. The van der Waals surface area contributed by atoms with Crippen LogP contribution >= 0.6 is 11.3 Å². The molecule has 11 nitrogen and oxygen atoms in total. The molecule has 0 aliphatic carbocycles. The van der Waals surface area contributed by atoms with Gasteiger partial charge in [0.25, 0.3) is 0 Å². The van der Waals surface area contributed by atoms with Crippen molar-refractivity contribution in [3.8, 4) is 5.13 Å². The van der Waals surface area contributed by atoms with Gasteiger partial charge in [-0.2, -0.15) is 5.10 Å². The molecule has 1 aliphatic heterocycles. The third-order valence-corrected chi connectivity index (χ3v) is 7.23. The standard InChI is InChI=1S/C24H23FN6O5S/c1-12-18-20(33)16(23(34)35)10-31(24-26-4-5-37-24)21(18)27-22(19(12)25)30-8-13(9-30)17(32)7-14-6-15(11-36-3)29(2)28-14/h4-6,10,13H,7-9,11H2,1-3H3,(H,34,35). The van der Waals surface area contributed by atoms with E-state index >= 15 is 4.39 Å². The maximum atomic E-state index is 15.5. The van der Waals surface area contributed by atoms with Gasteiger partial charge in [0.1, 0.15) is 11.3 Å². The molecule has 0 saturated carbocycles. The minimum Gasteiger partial charge on any atom is -0.477 e. The quantitative estimate of drug-likeness (QED) is 0.367. The minimum atomic E-state index is -1.42. The van der Waals surface area contributed by atoms with Crippen molar-refractivity contribution >= 4 is 39.9 Å². The fourth-order valence-electron chi connectivity index (χ4n) is 4.44. The second-order valence-electron chi connectivity index (χ2n) is 8.86.